The Morgan fingerprint density at radius 3 is 2.23 bits per heavy atom. The van der Waals surface area contributed by atoms with E-state index in [9.17, 15) is 4.79 Å². The lowest BCUT2D eigenvalue weighted by Gasteiger charge is -1.98. The van der Waals surface area contributed by atoms with Gasteiger partial charge in [0, 0.05) is 10.9 Å². The van der Waals surface area contributed by atoms with Crippen LogP contribution in [0.1, 0.15) is 21.7 Å². The maximum Gasteiger partial charge on any atom is 0.228 e. The average molecular weight is 286 g/mol. The summed E-state index contributed by atoms with van der Waals surface area (Å²) in [6, 6.07) is 21.5. The van der Waals surface area contributed by atoms with Crippen LogP contribution >= 0.6 is 0 Å². The number of hydrogen-bond donors (Lipinski definition) is 0. The van der Waals surface area contributed by atoms with Gasteiger partial charge in [-0.3, -0.25) is 4.79 Å². The van der Waals surface area contributed by atoms with Crippen molar-refractivity contribution in [2.75, 3.05) is 0 Å². The summed E-state index contributed by atoms with van der Waals surface area (Å²) in [6.07, 6.45) is 0. The molecule has 4 aromatic rings. The molecule has 0 spiro atoms. The van der Waals surface area contributed by atoms with Gasteiger partial charge in [0.15, 0.2) is 5.76 Å². The molecule has 0 aliphatic heterocycles. The second-order valence-electron chi connectivity index (χ2n) is 5.54. The van der Waals surface area contributed by atoms with E-state index in [-0.39, 0.29) is 5.78 Å². The van der Waals surface area contributed by atoms with Gasteiger partial charge in [0.1, 0.15) is 5.58 Å². The zero-order valence-electron chi connectivity index (χ0n) is 12.2. The van der Waals surface area contributed by atoms with Gasteiger partial charge in [-0.25, -0.2) is 0 Å². The van der Waals surface area contributed by atoms with Crippen LogP contribution in [0.2, 0.25) is 0 Å². The van der Waals surface area contributed by atoms with E-state index in [4.69, 9.17) is 4.42 Å². The van der Waals surface area contributed by atoms with Crippen molar-refractivity contribution in [1.82, 2.24) is 0 Å². The van der Waals surface area contributed by atoms with Gasteiger partial charge in [-0.05, 0) is 35.9 Å². The van der Waals surface area contributed by atoms with E-state index in [1.54, 1.807) is 0 Å². The summed E-state index contributed by atoms with van der Waals surface area (Å²) in [4.78, 5) is 12.5. The number of carbonyl (C=O) groups excluding carboxylic acids is 1. The molecule has 22 heavy (non-hydrogen) atoms. The fourth-order valence-corrected chi connectivity index (χ4v) is 2.69. The molecule has 0 unspecified atom stereocenters. The molecule has 0 saturated heterocycles. The zero-order chi connectivity index (χ0) is 15.1. The minimum Gasteiger partial charge on any atom is -0.453 e. The first-order valence-electron chi connectivity index (χ1n) is 7.24. The molecule has 0 atom stereocenters. The van der Waals surface area contributed by atoms with E-state index in [2.05, 4.69) is 12.1 Å². The number of furan rings is 1. The van der Waals surface area contributed by atoms with Gasteiger partial charge in [0.25, 0.3) is 0 Å². The number of ketones is 1. The van der Waals surface area contributed by atoms with Crippen LogP contribution in [-0.4, -0.2) is 5.78 Å². The molecule has 4 rings (SSSR count). The Kier molecular flexibility index (Phi) is 2.83. The number of hydrogen-bond acceptors (Lipinski definition) is 2. The molecular formula is C20H14O2. The summed E-state index contributed by atoms with van der Waals surface area (Å²) in [5.74, 6) is 0.300. The minimum absolute atomic E-state index is 0.0831. The zero-order valence-corrected chi connectivity index (χ0v) is 12.2. The van der Waals surface area contributed by atoms with Gasteiger partial charge in [0.05, 0.1) is 0 Å². The number of fused-ring (bicyclic) bond motifs is 2. The Balaban J connectivity index is 1.83. The van der Waals surface area contributed by atoms with Gasteiger partial charge in [-0.1, -0.05) is 54.1 Å². The summed E-state index contributed by atoms with van der Waals surface area (Å²) >= 11 is 0. The second kappa shape index (κ2) is 4.85. The van der Waals surface area contributed by atoms with E-state index < -0.39 is 0 Å². The molecule has 0 aliphatic rings. The van der Waals surface area contributed by atoms with Crippen molar-refractivity contribution in [3.8, 4) is 0 Å². The molecule has 2 nitrogen and oxygen atoms in total. The van der Waals surface area contributed by atoms with Crippen LogP contribution in [0.15, 0.2) is 71.1 Å². The smallest absolute Gasteiger partial charge is 0.228 e. The van der Waals surface area contributed by atoms with Crippen molar-refractivity contribution in [1.29, 1.82) is 0 Å². The molecule has 1 aromatic heterocycles. The standard InChI is InChI=1S/C20H14O2/c1-13-6-8-14(9-7-13)20(21)19-12-17-10-15-4-2-3-5-16(15)11-18(17)22-19/h2-12H,1H3. The van der Waals surface area contributed by atoms with Crippen LogP contribution in [0.5, 0.6) is 0 Å². The Morgan fingerprint density at radius 1 is 0.818 bits per heavy atom. The van der Waals surface area contributed by atoms with Crippen LogP contribution < -0.4 is 0 Å². The largest absolute Gasteiger partial charge is 0.453 e. The fraction of sp³-hybridized carbons (Fsp3) is 0.0500. The summed E-state index contributed by atoms with van der Waals surface area (Å²) in [5, 5.41) is 3.21. The van der Waals surface area contributed by atoms with Gasteiger partial charge in [-0.2, -0.15) is 0 Å². The summed E-state index contributed by atoms with van der Waals surface area (Å²) in [6.45, 7) is 2.00. The molecule has 0 radical (unpaired) electrons. The first kappa shape index (κ1) is 12.8. The molecule has 0 fully saturated rings. The normalized spacial score (nSPS) is 11.1. The average Bonchev–Trinajstić information content (AvgIpc) is 2.95. The van der Waals surface area contributed by atoms with E-state index in [1.807, 2.05) is 61.5 Å². The number of aryl methyl sites for hydroxylation is 1. The molecule has 0 amide bonds. The van der Waals surface area contributed by atoms with Crippen molar-refractivity contribution in [3.05, 3.63) is 83.6 Å². The van der Waals surface area contributed by atoms with E-state index in [0.717, 1.165) is 27.3 Å². The highest BCUT2D eigenvalue weighted by Crippen LogP contribution is 2.26. The summed E-state index contributed by atoms with van der Waals surface area (Å²) in [7, 11) is 0. The van der Waals surface area contributed by atoms with Gasteiger partial charge in [0.2, 0.25) is 5.78 Å². The first-order chi connectivity index (χ1) is 10.7. The quantitative estimate of drug-likeness (QED) is 0.478. The highest BCUT2D eigenvalue weighted by atomic mass is 16.3. The van der Waals surface area contributed by atoms with Crippen molar-refractivity contribution in [3.63, 3.8) is 0 Å². The molecular weight excluding hydrogens is 272 g/mol. The van der Waals surface area contributed by atoms with Crippen LogP contribution in [0, 0.1) is 6.92 Å². The SMILES string of the molecule is Cc1ccc(C(=O)c2cc3cc4ccccc4cc3o2)cc1. The number of benzene rings is 3. The van der Waals surface area contributed by atoms with Crippen molar-refractivity contribution in [2.45, 2.75) is 6.92 Å². The minimum atomic E-state index is -0.0831. The van der Waals surface area contributed by atoms with Crippen molar-refractivity contribution in [2.24, 2.45) is 0 Å². The van der Waals surface area contributed by atoms with Gasteiger partial charge < -0.3 is 4.42 Å². The lowest BCUT2D eigenvalue weighted by atomic mass is 10.1. The Hall–Kier alpha value is -2.87. The molecule has 106 valence electrons. The topological polar surface area (TPSA) is 30.2 Å². The molecule has 0 bridgehead atoms. The Labute approximate surface area is 128 Å². The van der Waals surface area contributed by atoms with Gasteiger partial charge >= 0.3 is 0 Å². The maximum atomic E-state index is 12.5. The third-order valence-electron chi connectivity index (χ3n) is 3.92. The lowest BCUT2D eigenvalue weighted by Crippen LogP contribution is -1.98. The third-order valence-corrected chi connectivity index (χ3v) is 3.92. The molecule has 0 saturated carbocycles. The van der Waals surface area contributed by atoms with Crippen molar-refractivity contribution < 1.29 is 9.21 Å². The molecule has 2 heteroatoms. The molecule has 0 N–H and O–H groups in total. The predicted octanol–water partition coefficient (Wildman–Crippen LogP) is 5.13. The predicted molar refractivity (Wildman–Crippen MR) is 88.3 cm³/mol. The van der Waals surface area contributed by atoms with Crippen molar-refractivity contribution >= 4 is 27.5 Å². The monoisotopic (exact) mass is 286 g/mol. The number of carbonyl (C=O) groups is 1. The summed E-state index contributed by atoms with van der Waals surface area (Å²) < 4.78 is 5.77. The van der Waals surface area contributed by atoms with Crippen LogP contribution in [-0.2, 0) is 0 Å². The Bertz CT molecular complexity index is 939. The van der Waals surface area contributed by atoms with Crippen LogP contribution in [0.25, 0.3) is 21.7 Å². The fourth-order valence-electron chi connectivity index (χ4n) is 2.69. The molecule has 1 heterocycles. The first-order valence-corrected chi connectivity index (χ1v) is 7.24. The molecule has 3 aromatic carbocycles. The van der Waals surface area contributed by atoms with E-state index in [1.165, 1.54) is 0 Å². The highest BCUT2D eigenvalue weighted by Gasteiger charge is 2.14. The lowest BCUT2D eigenvalue weighted by molar-refractivity contribution is 0.101. The van der Waals surface area contributed by atoms with Gasteiger partial charge in [-0.15, -0.1) is 0 Å². The van der Waals surface area contributed by atoms with E-state index >= 15 is 0 Å². The van der Waals surface area contributed by atoms with Crippen LogP contribution in [0.4, 0.5) is 0 Å². The number of rotatable bonds is 2. The summed E-state index contributed by atoms with van der Waals surface area (Å²) in [5.41, 5.74) is 2.52. The second-order valence-corrected chi connectivity index (χ2v) is 5.54. The third kappa shape index (κ3) is 2.09. The molecule has 0 aliphatic carbocycles. The van der Waals surface area contributed by atoms with E-state index in [0.29, 0.717) is 11.3 Å². The Morgan fingerprint density at radius 2 is 1.50 bits per heavy atom. The highest BCUT2D eigenvalue weighted by molar-refractivity contribution is 6.09. The van der Waals surface area contributed by atoms with Crippen LogP contribution in [0.3, 0.4) is 0 Å². The maximum absolute atomic E-state index is 12.5.